The van der Waals surface area contributed by atoms with Crippen LogP contribution in [0.4, 0.5) is 0 Å². The molecule has 3 aromatic rings. The lowest BCUT2D eigenvalue weighted by Crippen LogP contribution is -2.25. The van der Waals surface area contributed by atoms with Gasteiger partial charge in [0.15, 0.2) is 0 Å². The monoisotopic (exact) mass is 432 g/mol. The molecule has 2 aromatic carbocycles. The fourth-order valence-electron chi connectivity index (χ4n) is 3.20. The van der Waals surface area contributed by atoms with E-state index in [4.69, 9.17) is 4.74 Å². The molecule has 0 fully saturated rings. The van der Waals surface area contributed by atoms with E-state index in [9.17, 15) is 4.79 Å². The number of ether oxygens (including phenoxy) is 1. The molecule has 4 nitrogen and oxygen atoms in total. The highest BCUT2D eigenvalue weighted by Crippen LogP contribution is 2.28. The summed E-state index contributed by atoms with van der Waals surface area (Å²) in [5, 5.41) is 0. The number of pyridine rings is 1. The highest BCUT2D eigenvalue weighted by molar-refractivity contribution is 9.10. The van der Waals surface area contributed by atoms with Crippen molar-refractivity contribution < 1.29 is 9.53 Å². The van der Waals surface area contributed by atoms with Crippen LogP contribution in [0.25, 0.3) is 0 Å². The Kier molecular flexibility index (Phi) is 5.14. The second-order valence-corrected chi connectivity index (χ2v) is 7.37. The van der Waals surface area contributed by atoms with Crippen molar-refractivity contribution >= 4 is 21.8 Å². The van der Waals surface area contributed by atoms with Crippen LogP contribution in [0.3, 0.4) is 0 Å². The molecule has 1 amide bonds. The lowest BCUT2D eigenvalue weighted by atomic mass is 10.1. The molecule has 1 aromatic heterocycles. The third-order valence-corrected chi connectivity index (χ3v) is 5.11. The van der Waals surface area contributed by atoms with E-state index in [0.717, 1.165) is 4.47 Å². The third-order valence-electron chi connectivity index (χ3n) is 4.61. The van der Waals surface area contributed by atoms with Crippen LogP contribution >= 0.6 is 15.9 Å². The first kappa shape index (κ1) is 18.3. The number of hydrogen-bond donors (Lipinski definition) is 0. The van der Waals surface area contributed by atoms with Gasteiger partial charge in [-0.2, -0.15) is 0 Å². The fraction of sp³-hybridized carbons (Fsp3) is 0.130. The van der Waals surface area contributed by atoms with Crippen molar-refractivity contribution in [1.29, 1.82) is 0 Å². The zero-order valence-corrected chi connectivity index (χ0v) is 16.9. The van der Waals surface area contributed by atoms with Crippen molar-refractivity contribution in [1.82, 2.24) is 9.88 Å². The van der Waals surface area contributed by atoms with Crippen LogP contribution in [0.1, 0.15) is 32.7 Å². The highest BCUT2D eigenvalue weighted by atomic mass is 79.9. The Bertz CT molecular complexity index is 1100. The van der Waals surface area contributed by atoms with E-state index in [0.29, 0.717) is 35.7 Å². The molecule has 0 aliphatic carbocycles. The summed E-state index contributed by atoms with van der Waals surface area (Å²) in [5.41, 5.74) is 4.28. The van der Waals surface area contributed by atoms with E-state index < -0.39 is 0 Å². The molecule has 28 heavy (non-hydrogen) atoms. The molecule has 2 heterocycles. The van der Waals surface area contributed by atoms with Crippen LogP contribution < -0.4 is 4.74 Å². The summed E-state index contributed by atoms with van der Waals surface area (Å²) in [7, 11) is 1.59. The van der Waals surface area contributed by atoms with Gasteiger partial charge in [-0.3, -0.25) is 4.79 Å². The number of amides is 1. The Hall–Kier alpha value is -3.10. The molecule has 1 aliphatic rings. The predicted molar refractivity (Wildman–Crippen MR) is 111 cm³/mol. The van der Waals surface area contributed by atoms with Crippen LogP contribution in [-0.4, -0.2) is 22.9 Å². The van der Waals surface area contributed by atoms with Crippen LogP contribution in [-0.2, 0) is 13.1 Å². The lowest BCUT2D eigenvalue weighted by Gasteiger charge is -2.16. The van der Waals surface area contributed by atoms with Gasteiger partial charge in [-0.25, -0.2) is 4.98 Å². The molecule has 5 heteroatoms. The number of aromatic nitrogens is 1. The molecule has 0 radical (unpaired) electrons. The van der Waals surface area contributed by atoms with Gasteiger partial charge < -0.3 is 9.64 Å². The summed E-state index contributed by atoms with van der Waals surface area (Å²) >= 11 is 3.49. The Labute approximate surface area is 172 Å². The van der Waals surface area contributed by atoms with Crippen molar-refractivity contribution in [3.05, 3.63) is 93.2 Å². The summed E-state index contributed by atoms with van der Waals surface area (Å²) in [6.45, 7) is 1.22. The number of halogens is 1. The first-order valence-electron chi connectivity index (χ1n) is 8.82. The maximum Gasteiger partial charge on any atom is 0.254 e. The molecular formula is C23H17BrN2O2. The summed E-state index contributed by atoms with van der Waals surface area (Å²) in [5.74, 6) is 6.71. The van der Waals surface area contributed by atoms with E-state index in [-0.39, 0.29) is 5.91 Å². The Morgan fingerprint density at radius 2 is 1.93 bits per heavy atom. The highest BCUT2D eigenvalue weighted by Gasteiger charge is 2.24. The first-order valence-corrected chi connectivity index (χ1v) is 9.61. The van der Waals surface area contributed by atoms with Crippen molar-refractivity contribution in [3.63, 3.8) is 0 Å². The molecule has 138 valence electrons. The molecule has 1 aliphatic heterocycles. The molecule has 4 rings (SSSR count). The van der Waals surface area contributed by atoms with Crippen molar-refractivity contribution in [3.8, 4) is 17.6 Å². The molecule has 0 unspecified atom stereocenters. The van der Waals surface area contributed by atoms with E-state index in [1.807, 2.05) is 29.2 Å². The number of methoxy groups -OCH3 is 1. The quantitative estimate of drug-likeness (QED) is 0.563. The molecule has 0 bridgehead atoms. The number of fused-ring (bicyclic) bond motifs is 1. The van der Waals surface area contributed by atoms with Crippen molar-refractivity contribution in [2.75, 3.05) is 7.11 Å². The van der Waals surface area contributed by atoms with E-state index in [1.54, 1.807) is 31.5 Å². The number of hydrogen-bond acceptors (Lipinski definition) is 3. The van der Waals surface area contributed by atoms with Gasteiger partial charge >= 0.3 is 0 Å². The predicted octanol–water partition coefficient (Wildman–Crippen LogP) is 4.41. The van der Waals surface area contributed by atoms with Gasteiger partial charge in [0.25, 0.3) is 5.91 Å². The van der Waals surface area contributed by atoms with E-state index >= 15 is 0 Å². The minimum absolute atomic E-state index is 0.0177. The molecular weight excluding hydrogens is 416 g/mol. The number of carbonyl (C=O) groups is 1. The van der Waals surface area contributed by atoms with Gasteiger partial charge in [-0.15, -0.1) is 0 Å². The van der Waals surface area contributed by atoms with Gasteiger partial charge in [0.2, 0.25) is 0 Å². The Balaban J connectivity index is 1.60. The summed E-state index contributed by atoms with van der Waals surface area (Å²) < 4.78 is 6.43. The SMILES string of the molecule is COc1ccc(C(=O)N2Cc3ccc(Br)cc3C2)cc1C#Cc1ccccn1. The van der Waals surface area contributed by atoms with E-state index in [2.05, 4.69) is 44.9 Å². The maximum atomic E-state index is 13.0. The number of benzene rings is 2. The third kappa shape index (κ3) is 3.78. The van der Waals surface area contributed by atoms with Crippen LogP contribution in [0.5, 0.6) is 5.75 Å². The van der Waals surface area contributed by atoms with Crippen LogP contribution in [0.2, 0.25) is 0 Å². The molecule has 0 N–H and O–H groups in total. The molecule has 0 saturated heterocycles. The van der Waals surface area contributed by atoms with Gasteiger partial charge in [0, 0.05) is 29.3 Å². The zero-order chi connectivity index (χ0) is 19.5. The number of nitrogens with zero attached hydrogens (tertiary/aromatic N) is 2. The summed E-state index contributed by atoms with van der Waals surface area (Å²) in [4.78, 5) is 19.1. The zero-order valence-electron chi connectivity index (χ0n) is 15.3. The van der Waals surface area contributed by atoms with Crippen LogP contribution in [0, 0.1) is 11.8 Å². The standard InChI is InChI=1S/C23H17BrN2O2/c1-28-22-10-7-17(12-16(22)6-9-21-4-2-3-11-25-21)23(27)26-14-18-5-8-20(24)13-19(18)15-26/h2-5,7-8,10-13H,14-15H2,1H3. The minimum atomic E-state index is -0.0177. The number of carbonyl (C=O) groups excluding carboxylic acids is 1. The summed E-state index contributed by atoms with van der Waals surface area (Å²) in [6.07, 6.45) is 1.70. The minimum Gasteiger partial charge on any atom is -0.495 e. The average molecular weight is 433 g/mol. The Morgan fingerprint density at radius 3 is 2.71 bits per heavy atom. The maximum absolute atomic E-state index is 13.0. The smallest absolute Gasteiger partial charge is 0.254 e. The van der Waals surface area contributed by atoms with Crippen molar-refractivity contribution in [2.45, 2.75) is 13.1 Å². The van der Waals surface area contributed by atoms with Gasteiger partial charge in [-0.05, 0) is 59.5 Å². The summed E-state index contributed by atoms with van der Waals surface area (Å²) in [6, 6.07) is 17.1. The average Bonchev–Trinajstić information content (AvgIpc) is 3.15. The lowest BCUT2D eigenvalue weighted by molar-refractivity contribution is 0.0751. The Morgan fingerprint density at radius 1 is 1.07 bits per heavy atom. The normalized spacial score (nSPS) is 12.1. The fourth-order valence-corrected chi connectivity index (χ4v) is 3.60. The van der Waals surface area contributed by atoms with Crippen molar-refractivity contribution in [2.24, 2.45) is 0 Å². The second kappa shape index (κ2) is 7.87. The number of rotatable bonds is 2. The molecule has 0 saturated carbocycles. The topological polar surface area (TPSA) is 42.4 Å². The second-order valence-electron chi connectivity index (χ2n) is 6.45. The van der Waals surface area contributed by atoms with Gasteiger partial charge in [0.1, 0.15) is 11.4 Å². The molecule has 0 atom stereocenters. The molecule has 0 spiro atoms. The first-order chi connectivity index (χ1) is 13.6. The van der Waals surface area contributed by atoms with Gasteiger partial charge in [-0.1, -0.05) is 34.0 Å². The largest absolute Gasteiger partial charge is 0.495 e. The van der Waals surface area contributed by atoms with Gasteiger partial charge in [0.05, 0.1) is 12.7 Å². The van der Waals surface area contributed by atoms with E-state index in [1.165, 1.54) is 11.1 Å². The van der Waals surface area contributed by atoms with Crippen LogP contribution in [0.15, 0.2) is 65.3 Å².